The molecular weight excluding hydrogens is 388 g/mol. The molecule has 0 radical (unpaired) electrons. The number of para-hydroxylation sites is 3. The first-order chi connectivity index (χ1) is 14.0. The summed E-state index contributed by atoms with van der Waals surface area (Å²) < 4.78 is 1.18. The number of thiazole rings is 1. The molecular formula is C21H22N4O3S. The Labute approximate surface area is 172 Å². The van der Waals surface area contributed by atoms with Crippen LogP contribution in [0.1, 0.15) is 30.7 Å². The van der Waals surface area contributed by atoms with E-state index in [0.717, 1.165) is 36.5 Å². The Balaban J connectivity index is 1.46. The fourth-order valence-corrected chi connectivity index (χ4v) is 4.86. The lowest BCUT2D eigenvalue weighted by atomic mass is 9.97. The second-order valence-electron chi connectivity index (χ2n) is 7.29. The van der Waals surface area contributed by atoms with Gasteiger partial charge in [-0.25, -0.2) is 4.98 Å². The van der Waals surface area contributed by atoms with Crippen molar-refractivity contribution in [1.29, 1.82) is 0 Å². The van der Waals surface area contributed by atoms with E-state index in [1.54, 1.807) is 29.5 Å². The van der Waals surface area contributed by atoms with E-state index in [1.165, 1.54) is 10.8 Å². The van der Waals surface area contributed by atoms with Crippen molar-refractivity contribution >= 4 is 38.8 Å². The van der Waals surface area contributed by atoms with Crippen molar-refractivity contribution in [3.05, 3.63) is 63.7 Å². The first kappa shape index (κ1) is 19.5. The molecule has 0 saturated carbocycles. The minimum Gasteiger partial charge on any atom is -0.319 e. The van der Waals surface area contributed by atoms with Gasteiger partial charge in [-0.2, -0.15) is 0 Å². The Morgan fingerprint density at radius 2 is 2.03 bits per heavy atom. The number of nitrogens with one attached hydrogen (secondary N) is 1. The molecule has 2 heterocycles. The Hall–Kier alpha value is -2.84. The molecule has 1 aliphatic heterocycles. The monoisotopic (exact) mass is 410 g/mol. The predicted molar refractivity (Wildman–Crippen MR) is 114 cm³/mol. The first-order valence-electron chi connectivity index (χ1n) is 9.66. The highest BCUT2D eigenvalue weighted by Crippen LogP contribution is 2.33. The van der Waals surface area contributed by atoms with Crippen molar-refractivity contribution in [2.75, 3.05) is 18.4 Å². The largest absolute Gasteiger partial charge is 0.319 e. The highest BCUT2D eigenvalue weighted by Gasteiger charge is 2.30. The molecule has 0 aliphatic carbocycles. The van der Waals surface area contributed by atoms with Gasteiger partial charge in [-0.1, -0.05) is 24.3 Å². The van der Waals surface area contributed by atoms with Crippen LogP contribution in [0.25, 0.3) is 10.2 Å². The molecule has 29 heavy (non-hydrogen) atoms. The molecule has 8 heteroatoms. The van der Waals surface area contributed by atoms with Crippen LogP contribution in [-0.2, 0) is 4.79 Å². The maximum absolute atomic E-state index is 12.8. The molecule has 7 nitrogen and oxygen atoms in total. The van der Waals surface area contributed by atoms with Gasteiger partial charge in [0.15, 0.2) is 0 Å². The van der Waals surface area contributed by atoms with Crippen molar-refractivity contribution in [3.8, 4) is 0 Å². The topological polar surface area (TPSA) is 88.4 Å². The summed E-state index contributed by atoms with van der Waals surface area (Å²) in [4.78, 5) is 30.4. The van der Waals surface area contributed by atoms with Crippen LogP contribution in [0, 0.1) is 10.1 Å². The Morgan fingerprint density at radius 3 is 2.83 bits per heavy atom. The molecule has 1 N–H and O–H groups in total. The Bertz CT molecular complexity index is 1020. The number of aromatic nitrogens is 1. The number of nitro benzene ring substituents is 1. The van der Waals surface area contributed by atoms with Gasteiger partial charge in [0.1, 0.15) is 5.69 Å². The second-order valence-corrected chi connectivity index (χ2v) is 8.36. The van der Waals surface area contributed by atoms with Crippen LogP contribution in [0.2, 0.25) is 0 Å². The van der Waals surface area contributed by atoms with Gasteiger partial charge in [-0.15, -0.1) is 11.3 Å². The molecule has 1 aromatic heterocycles. The van der Waals surface area contributed by atoms with Crippen LogP contribution in [0.5, 0.6) is 0 Å². The number of carbonyl (C=O) groups excluding carboxylic acids is 1. The number of anilines is 1. The summed E-state index contributed by atoms with van der Waals surface area (Å²) in [6.45, 7) is 3.43. The third-order valence-electron chi connectivity index (χ3n) is 5.40. The fraction of sp³-hybridized carbons (Fsp3) is 0.333. The van der Waals surface area contributed by atoms with Gasteiger partial charge in [0, 0.05) is 18.5 Å². The van der Waals surface area contributed by atoms with Crippen molar-refractivity contribution in [2.45, 2.75) is 31.7 Å². The van der Waals surface area contributed by atoms with Crippen LogP contribution in [0.15, 0.2) is 48.5 Å². The van der Waals surface area contributed by atoms with Crippen molar-refractivity contribution in [1.82, 2.24) is 9.88 Å². The number of amides is 1. The minimum absolute atomic E-state index is 0.0981. The van der Waals surface area contributed by atoms with Gasteiger partial charge in [0.05, 0.1) is 26.2 Å². The van der Waals surface area contributed by atoms with Crippen LogP contribution in [0.3, 0.4) is 0 Å². The number of benzene rings is 2. The third kappa shape index (κ3) is 4.13. The van der Waals surface area contributed by atoms with E-state index in [4.69, 9.17) is 4.98 Å². The first-order valence-corrected chi connectivity index (χ1v) is 10.5. The number of hydrogen-bond donors (Lipinski definition) is 1. The van der Waals surface area contributed by atoms with E-state index in [2.05, 4.69) is 16.3 Å². The molecule has 0 bridgehead atoms. The molecule has 4 rings (SSSR count). The molecule has 0 spiro atoms. The summed E-state index contributed by atoms with van der Waals surface area (Å²) in [5.41, 5.74) is 1.15. The Kier molecular flexibility index (Phi) is 5.55. The standard InChI is InChI=1S/C21H22N4O3S/c1-14(20(26)22-16-8-2-4-10-18(16)25(27)28)24-12-6-7-15(13-24)21-23-17-9-3-5-11-19(17)29-21/h2-5,8-11,14-15H,6-7,12-13H2,1H3,(H,22,26)/t14-,15+/m1/s1. The number of likely N-dealkylation sites (tertiary alicyclic amines) is 1. The van der Waals surface area contributed by atoms with E-state index in [-0.39, 0.29) is 23.3 Å². The zero-order valence-corrected chi connectivity index (χ0v) is 16.9. The van der Waals surface area contributed by atoms with Gasteiger partial charge in [0.25, 0.3) is 5.69 Å². The quantitative estimate of drug-likeness (QED) is 0.497. The SMILES string of the molecule is C[C@H](C(=O)Nc1ccccc1[N+](=O)[O-])N1CCC[C@H](c2nc3ccccc3s2)C1. The predicted octanol–water partition coefficient (Wildman–Crippen LogP) is 4.41. The molecule has 0 unspecified atom stereocenters. The molecule has 1 saturated heterocycles. The molecule has 2 aromatic carbocycles. The number of rotatable bonds is 5. The van der Waals surface area contributed by atoms with Crippen molar-refractivity contribution in [3.63, 3.8) is 0 Å². The van der Waals surface area contributed by atoms with E-state index in [9.17, 15) is 14.9 Å². The van der Waals surface area contributed by atoms with Gasteiger partial charge in [-0.3, -0.25) is 19.8 Å². The number of carbonyl (C=O) groups is 1. The summed E-state index contributed by atoms with van der Waals surface area (Å²) in [6.07, 6.45) is 2.04. The number of nitro groups is 1. The zero-order valence-electron chi connectivity index (χ0n) is 16.1. The third-order valence-corrected chi connectivity index (χ3v) is 6.60. The van der Waals surface area contributed by atoms with Gasteiger partial charge < -0.3 is 5.32 Å². The second kappa shape index (κ2) is 8.26. The van der Waals surface area contributed by atoms with Crippen LogP contribution < -0.4 is 5.32 Å². The summed E-state index contributed by atoms with van der Waals surface area (Å²) in [5.74, 6) is 0.0618. The fourth-order valence-electron chi connectivity index (χ4n) is 3.77. The molecule has 150 valence electrons. The molecule has 3 aromatic rings. The molecule has 1 amide bonds. The van der Waals surface area contributed by atoms with E-state index >= 15 is 0 Å². The number of nitrogens with zero attached hydrogens (tertiary/aromatic N) is 3. The smallest absolute Gasteiger partial charge is 0.292 e. The maximum atomic E-state index is 12.8. The summed E-state index contributed by atoms with van der Waals surface area (Å²) in [5, 5.41) is 15.0. The number of piperidine rings is 1. The normalized spacial score (nSPS) is 18.4. The lowest BCUT2D eigenvalue weighted by Crippen LogP contribution is -2.46. The van der Waals surface area contributed by atoms with Gasteiger partial charge in [0.2, 0.25) is 5.91 Å². The Morgan fingerprint density at radius 1 is 1.28 bits per heavy atom. The summed E-state index contributed by atoms with van der Waals surface area (Å²) >= 11 is 1.72. The molecule has 2 atom stereocenters. The average molecular weight is 410 g/mol. The van der Waals surface area contributed by atoms with Crippen LogP contribution in [-0.4, -0.2) is 39.8 Å². The van der Waals surface area contributed by atoms with Crippen molar-refractivity contribution < 1.29 is 9.72 Å². The van der Waals surface area contributed by atoms with Crippen LogP contribution >= 0.6 is 11.3 Å². The van der Waals surface area contributed by atoms with E-state index in [0.29, 0.717) is 5.92 Å². The average Bonchev–Trinajstić information content (AvgIpc) is 3.18. The molecule has 1 aliphatic rings. The summed E-state index contributed by atoms with van der Waals surface area (Å²) in [6, 6.07) is 14.0. The van der Waals surface area contributed by atoms with Crippen LogP contribution in [0.4, 0.5) is 11.4 Å². The minimum atomic E-state index is -0.482. The van der Waals surface area contributed by atoms with Crippen molar-refractivity contribution in [2.24, 2.45) is 0 Å². The lowest BCUT2D eigenvalue weighted by molar-refractivity contribution is -0.383. The van der Waals surface area contributed by atoms with Gasteiger partial charge >= 0.3 is 0 Å². The molecule has 1 fully saturated rings. The van der Waals surface area contributed by atoms with E-state index in [1.807, 2.05) is 25.1 Å². The lowest BCUT2D eigenvalue weighted by Gasteiger charge is -2.35. The number of hydrogen-bond acceptors (Lipinski definition) is 6. The van der Waals surface area contributed by atoms with E-state index < -0.39 is 4.92 Å². The summed E-state index contributed by atoms with van der Waals surface area (Å²) in [7, 11) is 0. The van der Waals surface area contributed by atoms with Gasteiger partial charge in [-0.05, 0) is 44.5 Å². The maximum Gasteiger partial charge on any atom is 0.292 e. The highest BCUT2D eigenvalue weighted by atomic mass is 32.1. The zero-order chi connectivity index (χ0) is 20.4. The highest BCUT2D eigenvalue weighted by molar-refractivity contribution is 7.18. The number of fused-ring (bicyclic) bond motifs is 1.